The molecular formula is C7H15N2O. The molecule has 0 spiro atoms. The first-order valence-corrected chi connectivity index (χ1v) is 3.62. The van der Waals surface area contributed by atoms with Crippen molar-refractivity contribution >= 4 is 6.03 Å². The van der Waals surface area contributed by atoms with Crippen LogP contribution in [0, 0.1) is 6.92 Å². The second kappa shape index (κ2) is 6.39. The van der Waals surface area contributed by atoms with Gasteiger partial charge in [0.15, 0.2) is 0 Å². The van der Waals surface area contributed by atoms with Crippen molar-refractivity contribution in [3.63, 3.8) is 0 Å². The largest absolute Gasteiger partial charge is 0.338 e. The van der Waals surface area contributed by atoms with Gasteiger partial charge in [0.1, 0.15) is 0 Å². The maximum Gasteiger partial charge on any atom is 0.314 e. The molecule has 0 aliphatic rings. The second-order valence-corrected chi connectivity index (χ2v) is 1.99. The van der Waals surface area contributed by atoms with Gasteiger partial charge >= 0.3 is 6.03 Å². The van der Waals surface area contributed by atoms with Gasteiger partial charge in [-0.3, -0.25) is 0 Å². The molecule has 0 heterocycles. The Bertz CT molecular complexity index is 93.6. The first kappa shape index (κ1) is 9.27. The Morgan fingerprint density at radius 2 is 2.20 bits per heavy atom. The smallest absolute Gasteiger partial charge is 0.314 e. The minimum absolute atomic E-state index is 0.0871. The van der Waals surface area contributed by atoms with Gasteiger partial charge in [-0.05, 0) is 13.3 Å². The van der Waals surface area contributed by atoms with Gasteiger partial charge in [0.25, 0.3) is 0 Å². The van der Waals surface area contributed by atoms with Gasteiger partial charge in [-0.1, -0.05) is 13.3 Å². The molecule has 0 fully saturated rings. The Hall–Kier alpha value is -0.730. The molecule has 0 rings (SSSR count). The van der Waals surface area contributed by atoms with Crippen LogP contribution in [0.4, 0.5) is 4.79 Å². The van der Waals surface area contributed by atoms with Crippen molar-refractivity contribution in [3.05, 3.63) is 6.92 Å². The van der Waals surface area contributed by atoms with Gasteiger partial charge in [-0.15, -0.1) is 0 Å². The van der Waals surface area contributed by atoms with Crippen LogP contribution in [0.2, 0.25) is 0 Å². The van der Waals surface area contributed by atoms with Crippen molar-refractivity contribution < 1.29 is 4.79 Å². The molecule has 3 nitrogen and oxygen atoms in total. The lowest BCUT2D eigenvalue weighted by Crippen LogP contribution is -2.35. The summed E-state index contributed by atoms with van der Waals surface area (Å²) in [5, 5.41) is 5.33. The van der Waals surface area contributed by atoms with Crippen LogP contribution in [0.15, 0.2) is 0 Å². The molecule has 0 aromatic carbocycles. The van der Waals surface area contributed by atoms with Gasteiger partial charge in [0.2, 0.25) is 0 Å². The minimum Gasteiger partial charge on any atom is -0.338 e. The van der Waals surface area contributed by atoms with E-state index >= 15 is 0 Å². The topological polar surface area (TPSA) is 41.1 Å². The zero-order valence-corrected chi connectivity index (χ0v) is 6.44. The summed E-state index contributed by atoms with van der Waals surface area (Å²) in [5.41, 5.74) is 0. The minimum atomic E-state index is -0.0871. The third-order valence-electron chi connectivity index (χ3n) is 1.05. The van der Waals surface area contributed by atoms with Crippen molar-refractivity contribution in [2.24, 2.45) is 0 Å². The molecule has 1 radical (unpaired) electrons. The highest BCUT2D eigenvalue weighted by Crippen LogP contribution is 1.80. The Labute approximate surface area is 62.2 Å². The third-order valence-corrected chi connectivity index (χ3v) is 1.05. The molecule has 0 unspecified atom stereocenters. The van der Waals surface area contributed by atoms with Gasteiger partial charge < -0.3 is 10.6 Å². The molecule has 0 aliphatic carbocycles. The van der Waals surface area contributed by atoms with E-state index in [1.807, 2.05) is 6.92 Å². The van der Waals surface area contributed by atoms with Gasteiger partial charge in [-0.25, -0.2) is 4.79 Å². The zero-order valence-electron chi connectivity index (χ0n) is 6.44. The highest BCUT2D eigenvalue weighted by molar-refractivity contribution is 5.73. The van der Waals surface area contributed by atoms with Crippen molar-refractivity contribution in [1.82, 2.24) is 10.6 Å². The lowest BCUT2D eigenvalue weighted by molar-refractivity contribution is 0.241. The normalized spacial score (nSPS) is 9.00. The van der Waals surface area contributed by atoms with Crippen molar-refractivity contribution in [2.45, 2.75) is 19.8 Å². The molecule has 2 N–H and O–H groups in total. The van der Waals surface area contributed by atoms with E-state index in [9.17, 15) is 4.79 Å². The van der Waals surface area contributed by atoms with Crippen LogP contribution < -0.4 is 10.6 Å². The van der Waals surface area contributed by atoms with Crippen LogP contribution in [-0.4, -0.2) is 19.1 Å². The summed E-state index contributed by atoms with van der Waals surface area (Å²) in [5.74, 6) is 0. The molecule has 2 amide bonds. The maximum atomic E-state index is 10.7. The fourth-order valence-corrected chi connectivity index (χ4v) is 0.550. The van der Waals surface area contributed by atoms with Gasteiger partial charge in [0.05, 0.1) is 0 Å². The highest BCUT2D eigenvalue weighted by atomic mass is 16.2. The van der Waals surface area contributed by atoms with Crippen molar-refractivity contribution in [1.29, 1.82) is 0 Å². The van der Waals surface area contributed by atoms with Gasteiger partial charge in [0, 0.05) is 13.1 Å². The van der Waals surface area contributed by atoms with Gasteiger partial charge in [-0.2, -0.15) is 0 Å². The SMILES string of the molecule is [CH2]CCCNC(=O)NCC. The van der Waals surface area contributed by atoms with Crippen molar-refractivity contribution in [3.8, 4) is 0 Å². The Balaban J connectivity index is 3.05. The zero-order chi connectivity index (χ0) is 7.82. The number of unbranched alkanes of at least 4 members (excludes halogenated alkanes) is 1. The van der Waals surface area contributed by atoms with Crippen LogP contribution >= 0.6 is 0 Å². The van der Waals surface area contributed by atoms with Crippen molar-refractivity contribution in [2.75, 3.05) is 13.1 Å². The molecule has 0 bridgehead atoms. The number of hydrogen-bond acceptors (Lipinski definition) is 1. The molecule has 59 valence electrons. The Morgan fingerprint density at radius 1 is 1.50 bits per heavy atom. The first-order chi connectivity index (χ1) is 4.81. The average molecular weight is 143 g/mol. The predicted molar refractivity (Wildman–Crippen MR) is 41.7 cm³/mol. The molecule has 0 aliphatic heterocycles. The van der Waals surface area contributed by atoms with E-state index in [2.05, 4.69) is 17.6 Å². The van der Waals surface area contributed by atoms with E-state index < -0.39 is 0 Å². The fraction of sp³-hybridized carbons (Fsp3) is 0.714. The van der Waals surface area contributed by atoms with E-state index in [-0.39, 0.29) is 6.03 Å². The molecule has 0 saturated heterocycles. The Morgan fingerprint density at radius 3 is 2.70 bits per heavy atom. The lowest BCUT2D eigenvalue weighted by Gasteiger charge is -2.03. The number of amides is 2. The number of rotatable bonds is 4. The molecular weight excluding hydrogens is 128 g/mol. The van der Waals surface area contributed by atoms with E-state index in [0.29, 0.717) is 6.54 Å². The molecule has 0 aromatic heterocycles. The summed E-state index contributed by atoms with van der Waals surface area (Å²) in [4.78, 5) is 10.7. The first-order valence-electron chi connectivity index (χ1n) is 3.62. The number of carbonyl (C=O) groups is 1. The average Bonchev–Trinajstić information content (AvgIpc) is 1.89. The molecule has 0 atom stereocenters. The summed E-state index contributed by atoms with van der Waals surface area (Å²) in [6.45, 7) is 6.94. The van der Waals surface area contributed by atoms with E-state index in [0.717, 1.165) is 19.4 Å². The van der Waals surface area contributed by atoms with Crippen LogP contribution in [0.3, 0.4) is 0 Å². The summed E-state index contributed by atoms with van der Waals surface area (Å²) in [7, 11) is 0. The number of carbonyl (C=O) groups excluding carboxylic acids is 1. The standard InChI is InChI=1S/C7H15N2O/c1-3-5-6-9-7(10)8-4-2/h1,3-6H2,2H3,(H2,8,9,10). The molecule has 10 heavy (non-hydrogen) atoms. The van der Waals surface area contributed by atoms with Crippen LogP contribution in [0.5, 0.6) is 0 Å². The molecule has 3 heteroatoms. The number of urea groups is 1. The highest BCUT2D eigenvalue weighted by Gasteiger charge is 1.93. The lowest BCUT2D eigenvalue weighted by atomic mass is 10.3. The van der Waals surface area contributed by atoms with Crippen LogP contribution in [0.25, 0.3) is 0 Å². The maximum absolute atomic E-state index is 10.7. The number of nitrogens with one attached hydrogen (secondary N) is 2. The fourth-order valence-electron chi connectivity index (χ4n) is 0.550. The van der Waals surface area contributed by atoms with E-state index in [4.69, 9.17) is 0 Å². The molecule has 0 aromatic rings. The van der Waals surface area contributed by atoms with E-state index in [1.165, 1.54) is 0 Å². The predicted octanol–water partition coefficient (Wildman–Crippen LogP) is 0.920. The van der Waals surface area contributed by atoms with Crippen LogP contribution in [-0.2, 0) is 0 Å². The Kier molecular flexibility index (Phi) is 5.92. The van der Waals surface area contributed by atoms with E-state index in [1.54, 1.807) is 0 Å². The second-order valence-electron chi connectivity index (χ2n) is 1.99. The summed E-state index contributed by atoms with van der Waals surface area (Å²) < 4.78 is 0. The monoisotopic (exact) mass is 143 g/mol. The van der Waals surface area contributed by atoms with Crippen LogP contribution in [0.1, 0.15) is 19.8 Å². The summed E-state index contributed by atoms with van der Waals surface area (Å²) in [6.07, 6.45) is 1.81. The number of hydrogen-bond donors (Lipinski definition) is 2. The third kappa shape index (κ3) is 5.41. The summed E-state index contributed by atoms with van der Waals surface area (Å²) >= 11 is 0. The molecule has 0 saturated carbocycles. The quantitative estimate of drug-likeness (QED) is 0.564. The summed E-state index contributed by atoms with van der Waals surface area (Å²) in [6, 6.07) is -0.0871.